The fraction of sp³-hybridized carbons (Fsp3) is 0.469. The Hall–Kier alpha value is -3.75. The van der Waals surface area contributed by atoms with Gasteiger partial charge in [0.15, 0.2) is 0 Å². The van der Waals surface area contributed by atoms with E-state index in [1.807, 2.05) is 24.3 Å². The summed E-state index contributed by atoms with van der Waals surface area (Å²) in [7, 11) is 0. The largest absolute Gasteiger partial charge is 0.391 e. The second kappa shape index (κ2) is 16.0. The summed E-state index contributed by atoms with van der Waals surface area (Å²) in [6.45, 7) is 6.08. The first-order valence-electron chi connectivity index (χ1n) is 14.2. The van der Waals surface area contributed by atoms with Crippen LogP contribution >= 0.6 is 0 Å². The quantitative estimate of drug-likeness (QED) is 0.185. The van der Waals surface area contributed by atoms with E-state index in [4.69, 9.17) is 5.21 Å². The summed E-state index contributed by atoms with van der Waals surface area (Å²) in [5, 5.41) is 23.8. The predicted octanol–water partition coefficient (Wildman–Crippen LogP) is 2.60. The van der Waals surface area contributed by atoms with Crippen LogP contribution < -0.4 is 16.1 Å². The van der Waals surface area contributed by atoms with Gasteiger partial charge in [0.2, 0.25) is 5.91 Å². The molecule has 0 radical (unpaired) electrons. The number of aliphatic hydroxyl groups is 1. The number of nitrogens with one attached hydrogen (secondary N) is 3. The Morgan fingerprint density at radius 1 is 0.905 bits per heavy atom. The molecule has 0 aliphatic carbocycles. The number of benzene rings is 2. The molecule has 0 spiro atoms. The smallest absolute Gasteiger partial charge is 0.268 e. The lowest BCUT2D eigenvalue weighted by atomic mass is 10.00. The molecule has 0 aromatic heterocycles. The summed E-state index contributed by atoms with van der Waals surface area (Å²) in [6.07, 6.45) is 5.03. The highest BCUT2D eigenvalue weighted by Gasteiger charge is 2.27. The lowest BCUT2D eigenvalue weighted by Crippen LogP contribution is -2.51. The molecule has 2 aromatic carbocycles. The lowest BCUT2D eigenvalue weighted by Gasteiger charge is -2.40. The summed E-state index contributed by atoms with van der Waals surface area (Å²) in [5.74, 6) is 4.61. The fourth-order valence-electron chi connectivity index (χ4n) is 5.32. The number of amides is 3. The van der Waals surface area contributed by atoms with Gasteiger partial charge in [-0.1, -0.05) is 25.7 Å². The van der Waals surface area contributed by atoms with Crippen molar-refractivity contribution < 1.29 is 24.7 Å². The maximum absolute atomic E-state index is 12.6. The molecule has 4 rings (SSSR count). The average molecular weight is 578 g/mol. The predicted molar refractivity (Wildman–Crippen MR) is 162 cm³/mol. The Kier molecular flexibility index (Phi) is 12.5. The Labute approximate surface area is 248 Å². The lowest BCUT2D eigenvalue weighted by molar-refractivity contribution is -0.133. The maximum atomic E-state index is 12.6. The molecule has 10 heteroatoms. The molecule has 2 fully saturated rings. The van der Waals surface area contributed by atoms with E-state index in [0.29, 0.717) is 18.2 Å². The second-order valence-electron chi connectivity index (χ2n) is 10.7. The van der Waals surface area contributed by atoms with Crippen molar-refractivity contribution in [2.75, 3.05) is 38.0 Å². The molecule has 2 atom stereocenters. The molecule has 42 heavy (non-hydrogen) atoms. The van der Waals surface area contributed by atoms with Crippen LogP contribution in [0.3, 0.4) is 0 Å². The van der Waals surface area contributed by atoms with Gasteiger partial charge >= 0.3 is 0 Å². The van der Waals surface area contributed by atoms with E-state index in [1.54, 1.807) is 24.3 Å². The minimum absolute atomic E-state index is 0. The number of piperidine rings is 2. The molecule has 2 aromatic rings. The van der Waals surface area contributed by atoms with Crippen molar-refractivity contribution >= 4 is 23.4 Å². The maximum Gasteiger partial charge on any atom is 0.268 e. The second-order valence-corrected chi connectivity index (χ2v) is 10.7. The van der Waals surface area contributed by atoms with Crippen molar-refractivity contribution in [3.05, 3.63) is 65.2 Å². The number of hydroxylamine groups is 1. The molecule has 0 bridgehead atoms. The monoisotopic (exact) mass is 577 g/mol. The fourth-order valence-corrected chi connectivity index (χ4v) is 5.32. The van der Waals surface area contributed by atoms with Crippen LogP contribution in [0.2, 0.25) is 0 Å². The van der Waals surface area contributed by atoms with Gasteiger partial charge in [-0.05, 0) is 94.2 Å². The highest BCUT2D eigenvalue weighted by molar-refractivity contribution is 5.97. The Morgan fingerprint density at radius 3 is 2.02 bits per heavy atom. The first-order valence-corrected chi connectivity index (χ1v) is 14.2. The molecule has 0 saturated carbocycles. The van der Waals surface area contributed by atoms with Crippen LogP contribution in [0, 0.1) is 11.8 Å². The van der Waals surface area contributed by atoms with Crippen molar-refractivity contribution in [1.29, 1.82) is 0 Å². The number of anilines is 1. The summed E-state index contributed by atoms with van der Waals surface area (Å²) in [4.78, 5) is 41.5. The number of carbonyl (C=O) groups is 3. The molecule has 5 N–H and O–H groups in total. The van der Waals surface area contributed by atoms with Crippen LogP contribution in [0.25, 0.3) is 0 Å². The molecule has 226 valence electrons. The van der Waals surface area contributed by atoms with E-state index in [1.165, 1.54) is 44.8 Å². The third kappa shape index (κ3) is 9.39. The van der Waals surface area contributed by atoms with Crippen LogP contribution in [-0.4, -0.2) is 88.7 Å². The van der Waals surface area contributed by atoms with Gasteiger partial charge in [-0.2, -0.15) is 0 Å². The SMILES string of the molecule is C.C[C@@H](O)[C@H](NC(=O)c1ccc(C#Cc2ccc(NC(=O)CN3CCC(N4CCCCC4)CC3)cc2)cc1)C(=O)NO. The number of rotatable bonds is 8. The van der Waals surface area contributed by atoms with E-state index in [-0.39, 0.29) is 18.9 Å². The minimum Gasteiger partial charge on any atom is -0.391 e. The highest BCUT2D eigenvalue weighted by Crippen LogP contribution is 2.21. The van der Waals surface area contributed by atoms with Crippen molar-refractivity contribution in [3.63, 3.8) is 0 Å². The zero-order chi connectivity index (χ0) is 29.2. The molecule has 3 amide bonds. The van der Waals surface area contributed by atoms with Gasteiger partial charge in [-0.3, -0.25) is 24.5 Å². The molecule has 10 nitrogen and oxygen atoms in total. The van der Waals surface area contributed by atoms with E-state index in [0.717, 1.165) is 37.2 Å². The topological polar surface area (TPSA) is 134 Å². The van der Waals surface area contributed by atoms with Gasteiger partial charge in [0.25, 0.3) is 11.8 Å². The van der Waals surface area contributed by atoms with Gasteiger partial charge in [-0.25, -0.2) is 5.48 Å². The number of hydrogen-bond acceptors (Lipinski definition) is 7. The molecular weight excluding hydrogens is 534 g/mol. The Balaban J connectivity index is 0.00000484. The summed E-state index contributed by atoms with van der Waals surface area (Å²) in [6, 6.07) is 13.2. The number of likely N-dealkylation sites (tertiary alicyclic amines) is 2. The van der Waals surface area contributed by atoms with Gasteiger partial charge in [0, 0.05) is 41.5 Å². The Morgan fingerprint density at radius 2 is 1.48 bits per heavy atom. The van der Waals surface area contributed by atoms with Crippen molar-refractivity contribution in [1.82, 2.24) is 20.6 Å². The average Bonchev–Trinajstić information content (AvgIpc) is 3.00. The zero-order valence-electron chi connectivity index (χ0n) is 23.4. The van der Waals surface area contributed by atoms with E-state index < -0.39 is 24.0 Å². The van der Waals surface area contributed by atoms with Crippen LogP contribution in [-0.2, 0) is 9.59 Å². The van der Waals surface area contributed by atoms with Gasteiger partial charge in [0.1, 0.15) is 6.04 Å². The number of aliphatic hydroxyl groups excluding tert-OH is 1. The summed E-state index contributed by atoms with van der Waals surface area (Å²) >= 11 is 0. The van der Waals surface area contributed by atoms with Crippen LogP contribution in [0.15, 0.2) is 48.5 Å². The first-order chi connectivity index (χ1) is 19.8. The van der Waals surface area contributed by atoms with Gasteiger partial charge < -0.3 is 20.6 Å². The van der Waals surface area contributed by atoms with Crippen LogP contribution in [0.5, 0.6) is 0 Å². The number of hydrogen-bond donors (Lipinski definition) is 5. The van der Waals surface area contributed by atoms with Crippen molar-refractivity contribution in [3.8, 4) is 11.8 Å². The molecule has 2 aliphatic rings. The minimum atomic E-state index is -1.29. The zero-order valence-corrected chi connectivity index (χ0v) is 23.4. The molecule has 2 heterocycles. The normalized spacial score (nSPS) is 17.5. The van der Waals surface area contributed by atoms with E-state index in [9.17, 15) is 19.5 Å². The molecular formula is C32H43N5O5. The molecule has 0 unspecified atom stereocenters. The highest BCUT2D eigenvalue weighted by atomic mass is 16.5. The molecule has 2 aliphatic heterocycles. The van der Waals surface area contributed by atoms with Crippen molar-refractivity contribution in [2.24, 2.45) is 0 Å². The summed E-state index contributed by atoms with van der Waals surface area (Å²) in [5.41, 5.74) is 3.89. The first kappa shape index (κ1) is 32.8. The Bertz CT molecular complexity index is 1240. The van der Waals surface area contributed by atoms with Crippen LogP contribution in [0.4, 0.5) is 5.69 Å². The number of nitrogens with zero attached hydrogens (tertiary/aromatic N) is 2. The standard InChI is InChI=1S/C31H39N5O5.CH4/c1-22(37)29(31(40)34-41)33-30(39)25-11-7-23(8-12-25)5-6-24-9-13-26(14-10-24)32-28(38)21-35-19-15-27(16-20-35)36-17-3-2-4-18-36;/h7-14,22,27,29,37,41H,2-4,15-21H2,1H3,(H,32,38)(H,33,39)(H,34,40);1H4/t22-,29+;/m1./s1. The third-order valence-electron chi connectivity index (χ3n) is 7.66. The van der Waals surface area contributed by atoms with Gasteiger partial charge in [0.05, 0.1) is 12.6 Å². The van der Waals surface area contributed by atoms with E-state index >= 15 is 0 Å². The van der Waals surface area contributed by atoms with Gasteiger partial charge in [-0.15, -0.1) is 0 Å². The third-order valence-corrected chi connectivity index (χ3v) is 7.66. The van der Waals surface area contributed by atoms with Crippen molar-refractivity contribution in [2.45, 2.75) is 64.6 Å². The van der Waals surface area contributed by atoms with Crippen LogP contribution in [0.1, 0.15) is 67.9 Å². The van der Waals surface area contributed by atoms with E-state index in [2.05, 4.69) is 32.3 Å². The molecule has 2 saturated heterocycles. The number of carbonyl (C=O) groups excluding carboxylic acids is 3. The summed E-state index contributed by atoms with van der Waals surface area (Å²) < 4.78 is 0.